The van der Waals surface area contributed by atoms with Crippen molar-refractivity contribution < 1.29 is 18.4 Å². The molecule has 0 aromatic heterocycles. The molecule has 0 spiro atoms. The number of hydrazine groups is 1. The zero-order valence-electron chi connectivity index (χ0n) is 21.0. The van der Waals surface area contributed by atoms with E-state index in [1.807, 2.05) is 19.1 Å². The van der Waals surface area contributed by atoms with Crippen LogP contribution in [0.1, 0.15) is 29.2 Å². The molecule has 202 valence electrons. The minimum atomic E-state index is -0.636. The van der Waals surface area contributed by atoms with Gasteiger partial charge in [0.05, 0.1) is 18.7 Å². The van der Waals surface area contributed by atoms with Crippen LogP contribution in [-0.4, -0.2) is 61.6 Å². The van der Waals surface area contributed by atoms with Gasteiger partial charge in [-0.15, -0.1) is 24.8 Å². The maximum atomic E-state index is 14.0. The third-order valence-corrected chi connectivity index (χ3v) is 6.01. The Morgan fingerprint density at radius 3 is 2.43 bits per heavy atom. The highest BCUT2D eigenvalue weighted by Gasteiger charge is 2.27. The summed E-state index contributed by atoms with van der Waals surface area (Å²) in [5.74, 6) is -1.51. The van der Waals surface area contributed by atoms with E-state index in [4.69, 9.17) is 0 Å². The number of carbonyl (C=O) groups excluding carboxylic acids is 2. The third kappa shape index (κ3) is 7.84. The van der Waals surface area contributed by atoms with Crippen LogP contribution in [0.4, 0.5) is 14.5 Å². The summed E-state index contributed by atoms with van der Waals surface area (Å²) in [6.07, 6.45) is 0. The third-order valence-electron chi connectivity index (χ3n) is 6.01. The van der Waals surface area contributed by atoms with E-state index in [0.717, 1.165) is 12.1 Å². The fourth-order valence-corrected chi connectivity index (χ4v) is 4.00. The molecule has 0 bridgehead atoms. The van der Waals surface area contributed by atoms with Gasteiger partial charge in [-0.2, -0.15) is 5.26 Å². The summed E-state index contributed by atoms with van der Waals surface area (Å²) in [5, 5.41) is 18.4. The van der Waals surface area contributed by atoms with Gasteiger partial charge in [-0.3, -0.25) is 19.9 Å². The summed E-state index contributed by atoms with van der Waals surface area (Å²) >= 11 is 0. The molecular weight excluding hydrogens is 525 g/mol. The lowest BCUT2D eigenvalue weighted by molar-refractivity contribution is -0.145. The normalized spacial score (nSPS) is 12.1. The molecule has 2 N–H and O–H groups in total. The molecule has 1 aliphatic heterocycles. The van der Waals surface area contributed by atoms with Crippen molar-refractivity contribution in [3.63, 3.8) is 0 Å². The minimum Gasteiger partial charge on any atom is -0.315 e. The molecule has 0 fully saturated rings. The van der Waals surface area contributed by atoms with Gasteiger partial charge in [-0.1, -0.05) is 19.1 Å². The van der Waals surface area contributed by atoms with Crippen LogP contribution in [-0.2, 0) is 22.7 Å². The molecule has 2 aromatic rings. The average molecular weight is 557 g/mol. The first kappa shape index (κ1) is 32.2. The molecule has 8 nitrogen and oxygen atoms in total. The zero-order chi connectivity index (χ0) is 25.5. The monoisotopic (exact) mass is 556 g/mol. The van der Waals surface area contributed by atoms with Crippen molar-refractivity contribution in [1.82, 2.24) is 20.7 Å². The van der Waals surface area contributed by atoms with Crippen molar-refractivity contribution in [2.45, 2.75) is 26.9 Å². The van der Waals surface area contributed by atoms with Gasteiger partial charge in [0.15, 0.2) is 0 Å². The van der Waals surface area contributed by atoms with Gasteiger partial charge in [0.25, 0.3) is 5.91 Å². The highest BCUT2D eigenvalue weighted by atomic mass is 35.5. The van der Waals surface area contributed by atoms with Crippen LogP contribution in [0.2, 0.25) is 0 Å². The predicted molar refractivity (Wildman–Crippen MR) is 143 cm³/mol. The Labute approximate surface area is 228 Å². The number of nitriles is 1. The van der Waals surface area contributed by atoms with Crippen LogP contribution in [0.15, 0.2) is 30.3 Å². The maximum absolute atomic E-state index is 14.0. The highest BCUT2D eigenvalue weighted by Crippen LogP contribution is 2.26. The summed E-state index contributed by atoms with van der Waals surface area (Å²) < 4.78 is 28.0. The molecule has 0 aliphatic carbocycles. The number of rotatable bonds is 10. The number of halogens is 4. The standard InChI is InChI=1S/C25H30F2N6O2.2ClH/c1-4-29-8-9-33(23-11-19(12-28)22(27)10-17(23)2)25(35)14-30-13-24(34)31(3)32-15-18-6-5-7-21(26)20(18)16-32;;/h5-7,10-11,29-30H,4,8-9,13-16H2,1-3H3;2*1H. The highest BCUT2D eigenvalue weighted by molar-refractivity contribution is 5.96. The number of benzene rings is 2. The quantitative estimate of drug-likeness (QED) is 0.437. The molecule has 1 heterocycles. The van der Waals surface area contributed by atoms with Crippen LogP contribution in [0.25, 0.3) is 0 Å². The molecule has 1 aliphatic rings. The molecule has 0 radical (unpaired) electrons. The lowest BCUT2D eigenvalue weighted by Crippen LogP contribution is -2.47. The van der Waals surface area contributed by atoms with Gasteiger partial charge < -0.3 is 10.2 Å². The van der Waals surface area contributed by atoms with Crippen LogP contribution in [0.3, 0.4) is 0 Å². The fraction of sp³-hybridized carbons (Fsp3) is 0.400. The predicted octanol–water partition coefficient (Wildman–Crippen LogP) is 2.91. The number of anilines is 1. The van der Waals surface area contributed by atoms with Crippen molar-refractivity contribution in [2.24, 2.45) is 0 Å². The summed E-state index contributed by atoms with van der Waals surface area (Å²) in [7, 11) is 1.61. The molecule has 0 unspecified atom stereocenters. The Balaban J connectivity index is 0.00000342. The number of carbonyl (C=O) groups is 2. The SMILES string of the molecule is CCNCCN(C(=O)CNCC(=O)N(C)N1Cc2cccc(F)c2C1)c1cc(C#N)c(F)cc1C.Cl.Cl. The Bertz CT molecular complexity index is 1140. The minimum absolute atomic E-state index is 0. The first-order valence-electron chi connectivity index (χ1n) is 11.5. The van der Waals surface area contributed by atoms with Crippen molar-refractivity contribution in [3.05, 3.63) is 64.2 Å². The van der Waals surface area contributed by atoms with Crippen molar-refractivity contribution >= 4 is 42.3 Å². The van der Waals surface area contributed by atoms with Gasteiger partial charge in [-0.25, -0.2) is 13.8 Å². The smallest absolute Gasteiger partial charge is 0.250 e. The average Bonchev–Trinajstić information content (AvgIpc) is 3.27. The molecule has 2 aromatic carbocycles. The number of hydrogen-bond acceptors (Lipinski definition) is 6. The summed E-state index contributed by atoms with van der Waals surface area (Å²) in [6, 6.07) is 9.31. The molecule has 0 saturated heterocycles. The fourth-order valence-electron chi connectivity index (χ4n) is 4.00. The van der Waals surface area contributed by atoms with Gasteiger partial charge in [0, 0.05) is 44.5 Å². The van der Waals surface area contributed by atoms with Crippen LogP contribution >= 0.6 is 24.8 Å². The van der Waals surface area contributed by atoms with E-state index >= 15 is 0 Å². The number of likely N-dealkylation sites (N-methyl/N-ethyl adjacent to an activating group) is 2. The van der Waals surface area contributed by atoms with Gasteiger partial charge >= 0.3 is 0 Å². The Morgan fingerprint density at radius 1 is 1.08 bits per heavy atom. The molecule has 0 saturated carbocycles. The second kappa shape index (κ2) is 14.8. The van der Waals surface area contributed by atoms with Crippen LogP contribution < -0.4 is 15.5 Å². The Morgan fingerprint density at radius 2 is 1.78 bits per heavy atom. The van der Waals surface area contributed by atoms with E-state index in [9.17, 15) is 23.6 Å². The summed E-state index contributed by atoms with van der Waals surface area (Å²) in [5.41, 5.74) is 2.27. The lowest BCUT2D eigenvalue weighted by atomic mass is 10.1. The maximum Gasteiger partial charge on any atom is 0.250 e. The largest absolute Gasteiger partial charge is 0.315 e. The van der Waals surface area contributed by atoms with E-state index in [-0.39, 0.29) is 61.1 Å². The Kier molecular flexibility index (Phi) is 12.9. The van der Waals surface area contributed by atoms with Crippen molar-refractivity contribution in [3.8, 4) is 6.07 Å². The molecule has 0 atom stereocenters. The number of nitrogens with zero attached hydrogens (tertiary/aromatic N) is 4. The molecule has 37 heavy (non-hydrogen) atoms. The molecule has 2 amide bonds. The first-order valence-corrected chi connectivity index (χ1v) is 11.5. The van der Waals surface area contributed by atoms with Gasteiger partial charge in [-0.05, 0) is 42.8 Å². The number of hydrogen-bond donors (Lipinski definition) is 2. The number of fused-ring (bicyclic) bond motifs is 1. The van der Waals surface area contributed by atoms with Gasteiger partial charge in [0.1, 0.15) is 17.7 Å². The summed E-state index contributed by atoms with van der Waals surface area (Å²) in [4.78, 5) is 27.2. The lowest BCUT2D eigenvalue weighted by Gasteiger charge is -2.28. The molecular formula is C25H32Cl2F2N6O2. The second-order valence-corrected chi connectivity index (χ2v) is 8.35. The van der Waals surface area contributed by atoms with E-state index in [1.54, 1.807) is 25.0 Å². The van der Waals surface area contributed by atoms with E-state index in [2.05, 4.69) is 10.6 Å². The zero-order valence-corrected chi connectivity index (χ0v) is 22.6. The number of aryl methyl sites for hydroxylation is 1. The van der Waals surface area contributed by atoms with Crippen molar-refractivity contribution in [2.75, 3.05) is 44.7 Å². The second-order valence-electron chi connectivity index (χ2n) is 8.35. The van der Waals surface area contributed by atoms with E-state index < -0.39 is 5.82 Å². The molecule has 3 rings (SSSR count). The van der Waals surface area contributed by atoms with E-state index in [0.29, 0.717) is 43.0 Å². The first-order chi connectivity index (χ1) is 16.8. The topological polar surface area (TPSA) is 91.7 Å². The number of amides is 2. The van der Waals surface area contributed by atoms with Crippen molar-refractivity contribution in [1.29, 1.82) is 5.26 Å². The van der Waals surface area contributed by atoms with Crippen LogP contribution in [0, 0.1) is 29.9 Å². The molecule has 12 heteroatoms. The summed E-state index contributed by atoms with van der Waals surface area (Å²) in [6.45, 7) is 5.67. The number of nitrogens with one attached hydrogen (secondary N) is 2. The Hall–Kier alpha value is -2.81. The van der Waals surface area contributed by atoms with E-state index in [1.165, 1.54) is 28.1 Å². The van der Waals surface area contributed by atoms with Crippen LogP contribution in [0.5, 0.6) is 0 Å². The van der Waals surface area contributed by atoms with Gasteiger partial charge in [0.2, 0.25) is 5.91 Å².